The van der Waals surface area contributed by atoms with Gasteiger partial charge in [-0.05, 0) is 23.1 Å². The molecule has 0 saturated carbocycles. The topological polar surface area (TPSA) is 26.3 Å². The van der Waals surface area contributed by atoms with E-state index in [1.807, 2.05) is 12.1 Å². The Morgan fingerprint density at radius 1 is 1.33 bits per heavy atom. The molecule has 0 amide bonds. The molecular formula is C12H15ClO2. The molecule has 1 aromatic rings. The molecule has 0 aliphatic rings. The van der Waals surface area contributed by atoms with Crippen molar-refractivity contribution in [3.8, 4) is 0 Å². The van der Waals surface area contributed by atoms with Crippen LogP contribution >= 0.6 is 11.6 Å². The molecule has 0 aromatic heterocycles. The standard InChI is InChI=1S/C12H15ClO2/c1-12(2,3)8-5-6-9(10(13)7-8)11(14)15-4/h5-7H,1-4H3. The Kier molecular flexibility index (Phi) is 3.40. The van der Waals surface area contributed by atoms with E-state index >= 15 is 0 Å². The Morgan fingerprint density at radius 3 is 2.33 bits per heavy atom. The SMILES string of the molecule is COC(=O)c1ccc(C(C)(C)C)cc1Cl. The van der Waals surface area contributed by atoms with Gasteiger partial charge in [-0.1, -0.05) is 38.4 Å². The number of carbonyl (C=O) groups excluding carboxylic acids is 1. The number of benzene rings is 1. The zero-order valence-corrected chi connectivity index (χ0v) is 10.2. The van der Waals surface area contributed by atoms with Crippen LogP contribution in [0.5, 0.6) is 0 Å². The van der Waals surface area contributed by atoms with E-state index in [4.69, 9.17) is 11.6 Å². The molecule has 0 fully saturated rings. The van der Waals surface area contributed by atoms with Crippen LogP contribution in [-0.4, -0.2) is 13.1 Å². The second kappa shape index (κ2) is 4.23. The van der Waals surface area contributed by atoms with Crippen LogP contribution in [-0.2, 0) is 10.2 Å². The van der Waals surface area contributed by atoms with Gasteiger partial charge in [0, 0.05) is 0 Å². The number of hydrogen-bond donors (Lipinski definition) is 0. The van der Waals surface area contributed by atoms with E-state index in [1.165, 1.54) is 7.11 Å². The van der Waals surface area contributed by atoms with Crippen molar-refractivity contribution in [3.63, 3.8) is 0 Å². The Balaban J connectivity index is 3.15. The van der Waals surface area contributed by atoms with E-state index in [-0.39, 0.29) is 5.41 Å². The molecule has 0 bridgehead atoms. The summed E-state index contributed by atoms with van der Waals surface area (Å²) in [5.41, 5.74) is 1.53. The molecule has 2 nitrogen and oxygen atoms in total. The highest BCUT2D eigenvalue weighted by molar-refractivity contribution is 6.33. The summed E-state index contributed by atoms with van der Waals surface area (Å²) in [6.45, 7) is 6.28. The summed E-state index contributed by atoms with van der Waals surface area (Å²) in [6, 6.07) is 5.42. The zero-order valence-electron chi connectivity index (χ0n) is 9.43. The molecule has 15 heavy (non-hydrogen) atoms. The summed E-state index contributed by atoms with van der Waals surface area (Å²) < 4.78 is 4.62. The first-order chi connectivity index (χ1) is 6.86. The third-order valence-electron chi connectivity index (χ3n) is 2.24. The average Bonchev–Trinajstić information content (AvgIpc) is 2.15. The van der Waals surface area contributed by atoms with Gasteiger partial charge >= 0.3 is 5.97 Å². The van der Waals surface area contributed by atoms with Crippen molar-refractivity contribution in [1.29, 1.82) is 0 Å². The number of methoxy groups -OCH3 is 1. The molecule has 82 valence electrons. The van der Waals surface area contributed by atoms with Crippen LogP contribution < -0.4 is 0 Å². The predicted molar refractivity (Wildman–Crippen MR) is 61.5 cm³/mol. The van der Waals surface area contributed by atoms with Crippen molar-refractivity contribution in [3.05, 3.63) is 34.3 Å². The molecule has 0 unspecified atom stereocenters. The lowest BCUT2D eigenvalue weighted by Gasteiger charge is -2.19. The van der Waals surface area contributed by atoms with Gasteiger partial charge in [-0.15, -0.1) is 0 Å². The molecule has 0 atom stereocenters. The van der Waals surface area contributed by atoms with Crippen LogP contribution in [0.3, 0.4) is 0 Å². The molecule has 0 saturated heterocycles. The van der Waals surface area contributed by atoms with Gasteiger partial charge < -0.3 is 4.74 Å². The Bertz CT molecular complexity index is 378. The van der Waals surface area contributed by atoms with E-state index < -0.39 is 5.97 Å². The summed E-state index contributed by atoms with van der Waals surface area (Å²) in [7, 11) is 1.34. The zero-order chi connectivity index (χ0) is 11.6. The molecule has 0 aliphatic heterocycles. The molecule has 1 rings (SSSR count). The summed E-state index contributed by atoms with van der Waals surface area (Å²) >= 11 is 6.01. The van der Waals surface area contributed by atoms with Crippen molar-refractivity contribution in [2.75, 3.05) is 7.11 Å². The van der Waals surface area contributed by atoms with E-state index in [2.05, 4.69) is 25.5 Å². The Morgan fingerprint density at radius 2 is 1.93 bits per heavy atom. The fourth-order valence-electron chi connectivity index (χ4n) is 1.26. The summed E-state index contributed by atoms with van der Waals surface area (Å²) in [6.07, 6.45) is 0. The van der Waals surface area contributed by atoms with Gasteiger partial charge in [-0.2, -0.15) is 0 Å². The minimum Gasteiger partial charge on any atom is -0.465 e. The Labute approximate surface area is 95.2 Å². The molecular weight excluding hydrogens is 212 g/mol. The number of hydrogen-bond acceptors (Lipinski definition) is 2. The van der Waals surface area contributed by atoms with E-state index in [1.54, 1.807) is 6.07 Å². The average molecular weight is 227 g/mol. The number of rotatable bonds is 1. The lowest BCUT2D eigenvalue weighted by molar-refractivity contribution is 0.0601. The molecule has 3 heteroatoms. The fourth-order valence-corrected chi connectivity index (χ4v) is 1.51. The lowest BCUT2D eigenvalue weighted by Crippen LogP contribution is -2.12. The van der Waals surface area contributed by atoms with Crippen molar-refractivity contribution < 1.29 is 9.53 Å². The van der Waals surface area contributed by atoms with Crippen LogP contribution in [0, 0.1) is 0 Å². The van der Waals surface area contributed by atoms with Crippen molar-refractivity contribution in [2.24, 2.45) is 0 Å². The molecule has 0 spiro atoms. The first-order valence-corrected chi connectivity index (χ1v) is 5.12. The monoisotopic (exact) mass is 226 g/mol. The predicted octanol–water partition coefficient (Wildman–Crippen LogP) is 3.42. The van der Waals surface area contributed by atoms with Crippen molar-refractivity contribution >= 4 is 17.6 Å². The van der Waals surface area contributed by atoms with E-state index in [0.29, 0.717) is 10.6 Å². The maximum Gasteiger partial charge on any atom is 0.339 e. The van der Waals surface area contributed by atoms with Crippen molar-refractivity contribution in [2.45, 2.75) is 26.2 Å². The number of ether oxygens (including phenoxy) is 1. The normalized spacial score (nSPS) is 11.3. The highest BCUT2D eigenvalue weighted by Crippen LogP contribution is 2.27. The Hall–Kier alpha value is -1.02. The molecule has 1 aromatic carbocycles. The highest BCUT2D eigenvalue weighted by atomic mass is 35.5. The van der Waals surface area contributed by atoms with Gasteiger partial charge in [0.25, 0.3) is 0 Å². The first-order valence-electron chi connectivity index (χ1n) is 4.74. The van der Waals surface area contributed by atoms with Crippen LogP contribution in [0.25, 0.3) is 0 Å². The van der Waals surface area contributed by atoms with Gasteiger partial charge in [0.1, 0.15) is 0 Å². The third kappa shape index (κ3) is 2.72. The molecule has 0 aliphatic carbocycles. The number of carbonyl (C=O) groups is 1. The summed E-state index contributed by atoms with van der Waals surface area (Å²) in [5, 5.41) is 0.439. The smallest absolute Gasteiger partial charge is 0.339 e. The largest absolute Gasteiger partial charge is 0.465 e. The number of halogens is 1. The second-order valence-corrected chi connectivity index (χ2v) is 4.84. The minimum atomic E-state index is -0.402. The second-order valence-electron chi connectivity index (χ2n) is 4.44. The van der Waals surface area contributed by atoms with Crippen LogP contribution in [0.4, 0.5) is 0 Å². The summed E-state index contributed by atoms with van der Waals surface area (Å²) in [4.78, 5) is 11.3. The van der Waals surface area contributed by atoms with Crippen molar-refractivity contribution in [1.82, 2.24) is 0 Å². The first kappa shape index (κ1) is 12.1. The van der Waals surface area contributed by atoms with Crippen LogP contribution in [0.2, 0.25) is 5.02 Å². The van der Waals surface area contributed by atoms with Crippen LogP contribution in [0.1, 0.15) is 36.7 Å². The number of esters is 1. The van der Waals surface area contributed by atoms with Gasteiger partial charge in [-0.3, -0.25) is 0 Å². The maximum atomic E-state index is 11.3. The quantitative estimate of drug-likeness (QED) is 0.686. The third-order valence-corrected chi connectivity index (χ3v) is 2.55. The van der Waals surface area contributed by atoms with Crippen LogP contribution in [0.15, 0.2) is 18.2 Å². The fraction of sp³-hybridized carbons (Fsp3) is 0.417. The van der Waals surface area contributed by atoms with E-state index in [9.17, 15) is 4.79 Å². The van der Waals surface area contributed by atoms with Gasteiger partial charge in [-0.25, -0.2) is 4.79 Å². The maximum absolute atomic E-state index is 11.3. The molecule has 0 radical (unpaired) electrons. The highest BCUT2D eigenvalue weighted by Gasteiger charge is 2.17. The molecule has 0 heterocycles. The minimum absolute atomic E-state index is 0.0261. The lowest BCUT2D eigenvalue weighted by atomic mass is 9.87. The van der Waals surface area contributed by atoms with Gasteiger partial charge in [0.2, 0.25) is 0 Å². The molecule has 0 N–H and O–H groups in total. The summed E-state index contributed by atoms with van der Waals surface area (Å²) in [5.74, 6) is -0.402. The van der Waals surface area contributed by atoms with Gasteiger partial charge in [0.05, 0.1) is 17.7 Å². The van der Waals surface area contributed by atoms with E-state index in [0.717, 1.165) is 5.56 Å². The van der Waals surface area contributed by atoms with Gasteiger partial charge in [0.15, 0.2) is 0 Å².